The van der Waals surface area contributed by atoms with Crippen LogP contribution >= 0.6 is 0 Å². The molecule has 1 N–H and O–H groups in total. The van der Waals surface area contributed by atoms with Gasteiger partial charge in [0.25, 0.3) is 0 Å². The lowest BCUT2D eigenvalue weighted by Gasteiger charge is -2.19. The Hall–Kier alpha value is -1.91. The zero-order chi connectivity index (χ0) is 14.2. The molecule has 1 fully saturated rings. The summed E-state index contributed by atoms with van der Waals surface area (Å²) in [6.45, 7) is 7.33. The molecule has 1 aromatic heterocycles. The fraction of sp³-hybridized carbons (Fsp3) is 0.533. The fourth-order valence-corrected chi connectivity index (χ4v) is 2.20. The second kappa shape index (κ2) is 4.89. The van der Waals surface area contributed by atoms with Gasteiger partial charge < -0.3 is 5.32 Å². The van der Waals surface area contributed by atoms with Gasteiger partial charge in [0.2, 0.25) is 0 Å². The van der Waals surface area contributed by atoms with Crippen LogP contribution in [0.4, 0.5) is 5.69 Å². The molecule has 1 aromatic carbocycles. The SMILES string of the molecule is CC(C)(C)c1ccc(NCc2nnnn2C2CC2)cc1. The van der Waals surface area contributed by atoms with Crippen LogP contribution < -0.4 is 5.32 Å². The van der Waals surface area contributed by atoms with Crippen molar-refractivity contribution < 1.29 is 0 Å². The van der Waals surface area contributed by atoms with Crippen LogP contribution in [0, 0.1) is 0 Å². The molecule has 0 spiro atoms. The van der Waals surface area contributed by atoms with E-state index in [1.165, 1.54) is 18.4 Å². The number of tetrazole rings is 1. The first-order chi connectivity index (χ1) is 9.54. The molecule has 0 saturated heterocycles. The smallest absolute Gasteiger partial charge is 0.170 e. The van der Waals surface area contributed by atoms with Crippen molar-refractivity contribution in [3.8, 4) is 0 Å². The number of rotatable bonds is 4. The maximum Gasteiger partial charge on any atom is 0.170 e. The minimum Gasteiger partial charge on any atom is -0.378 e. The Kier molecular flexibility index (Phi) is 3.20. The lowest BCUT2D eigenvalue weighted by molar-refractivity contribution is 0.586. The van der Waals surface area contributed by atoms with Crippen LogP contribution in [0.5, 0.6) is 0 Å². The van der Waals surface area contributed by atoms with E-state index in [2.05, 4.69) is 65.9 Å². The first-order valence-corrected chi connectivity index (χ1v) is 7.15. The monoisotopic (exact) mass is 271 g/mol. The summed E-state index contributed by atoms with van der Waals surface area (Å²) in [7, 11) is 0. The molecule has 1 aliphatic rings. The first-order valence-electron chi connectivity index (χ1n) is 7.15. The third-order valence-electron chi connectivity index (χ3n) is 3.66. The molecule has 3 rings (SSSR count). The highest BCUT2D eigenvalue weighted by Crippen LogP contribution is 2.34. The maximum absolute atomic E-state index is 4.09. The first kappa shape index (κ1) is 13.1. The number of aromatic nitrogens is 4. The standard InChI is InChI=1S/C15H21N5/c1-15(2,3)11-4-6-12(7-5-11)16-10-14-17-18-19-20(14)13-8-9-13/h4-7,13,16H,8-10H2,1-3H3. The Morgan fingerprint density at radius 1 is 1.20 bits per heavy atom. The van der Waals surface area contributed by atoms with Crippen molar-refractivity contribution in [1.82, 2.24) is 20.2 Å². The number of nitrogens with one attached hydrogen (secondary N) is 1. The van der Waals surface area contributed by atoms with Crippen molar-refractivity contribution in [1.29, 1.82) is 0 Å². The third-order valence-corrected chi connectivity index (χ3v) is 3.66. The van der Waals surface area contributed by atoms with Crippen LogP contribution in [-0.4, -0.2) is 20.2 Å². The summed E-state index contributed by atoms with van der Waals surface area (Å²) in [6.07, 6.45) is 2.39. The fourth-order valence-electron chi connectivity index (χ4n) is 2.20. The predicted octanol–water partition coefficient (Wildman–Crippen LogP) is 2.92. The minimum atomic E-state index is 0.189. The zero-order valence-electron chi connectivity index (χ0n) is 12.3. The second-order valence-corrected chi connectivity index (χ2v) is 6.45. The summed E-state index contributed by atoms with van der Waals surface area (Å²) in [5.74, 6) is 0.910. The normalized spacial score (nSPS) is 15.3. The molecular weight excluding hydrogens is 250 g/mol. The quantitative estimate of drug-likeness (QED) is 0.929. The van der Waals surface area contributed by atoms with Gasteiger partial charge in [-0.1, -0.05) is 32.9 Å². The Balaban J connectivity index is 1.65. The van der Waals surface area contributed by atoms with Gasteiger partial charge in [0.05, 0.1) is 12.6 Å². The number of hydrogen-bond donors (Lipinski definition) is 1. The molecule has 0 aliphatic heterocycles. The molecule has 0 bridgehead atoms. The third kappa shape index (κ3) is 2.81. The van der Waals surface area contributed by atoms with Gasteiger partial charge in [0.1, 0.15) is 0 Å². The van der Waals surface area contributed by atoms with Gasteiger partial charge in [-0.2, -0.15) is 0 Å². The molecule has 1 heterocycles. The summed E-state index contributed by atoms with van der Waals surface area (Å²) >= 11 is 0. The average Bonchev–Trinajstić information content (AvgIpc) is 3.15. The van der Waals surface area contributed by atoms with Crippen LogP contribution in [-0.2, 0) is 12.0 Å². The molecule has 5 heteroatoms. The van der Waals surface area contributed by atoms with Gasteiger partial charge >= 0.3 is 0 Å². The average molecular weight is 271 g/mol. The van der Waals surface area contributed by atoms with Crippen LogP contribution in [0.3, 0.4) is 0 Å². The minimum absolute atomic E-state index is 0.189. The summed E-state index contributed by atoms with van der Waals surface area (Å²) in [4.78, 5) is 0. The van der Waals surface area contributed by atoms with Crippen LogP contribution in [0.1, 0.15) is 51.0 Å². The van der Waals surface area contributed by atoms with Crippen LogP contribution in [0.25, 0.3) is 0 Å². The van der Waals surface area contributed by atoms with E-state index in [4.69, 9.17) is 0 Å². The zero-order valence-corrected chi connectivity index (χ0v) is 12.3. The molecular formula is C15H21N5. The summed E-state index contributed by atoms with van der Waals surface area (Å²) in [6, 6.07) is 9.10. The lowest BCUT2D eigenvalue weighted by atomic mass is 9.87. The van der Waals surface area contributed by atoms with Gasteiger partial charge in [-0.3, -0.25) is 0 Å². The van der Waals surface area contributed by atoms with Gasteiger partial charge in [-0.15, -0.1) is 5.10 Å². The Morgan fingerprint density at radius 2 is 1.90 bits per heavy atom. The molecule has 0 atom stereocenters. The van der Waals surface area contributed by atoms with E-state index >= 15 is 0 Å². The molecule has 5 nitrogen and oxygen atoms in total. The van der Waals surface area contributed by atoms with E-state index in [9.17, 15) is 0 Å². The number of hydrogen-bond acceptors (Lipinski definition) is 4. The number of anilines is 1. The van der Waals surface area contributed by atoms with Gasteiger partial charge in [0.15, 0.2) is 5.82 Å². The van der Waals surface area contributed by atoms with Gasteiger partial charge in [0, 0.05) is 5.69 Å². The van der Waals surface area contributed by atoms with Crippen LogP contribution in [0.15, 0.2) is 24.3 Å². The van der Waals surface area contributed by atoms with E-state index in [1.807, 2.05) is 4.68 Å². The summed E-state index contributed by atoms with van der Waals surface area (Å²) < 4.78 is 1.94. The number of nitrogens with zero attached hydrogens (tertiary/aromatic N) is 4. The highest BCUT2D eigenvalue weighted by molar-refractivity contribution is 5.45. The Labute approximate surface area is 119 Å². The van der Waals surface area contributed by atoms with E-state index in [0.29, 0.717) is 12.6 Å². The van der Waals surface area contributed by atoms with Gasteiger partial charge in [-0.25, -0.2) is 4.68 Å². The molecule has 20 heavy (non-hydrogen) atoms. The molecule has 0 unspecified atom stereocenters. The van der Waals surface area contributed by atoms with Crippen molar-refractivity contribution >= 4 is 5.69 Å². The lowest BCUT2D eigenvalue weighted by Crippen LogP contribution is -2.11. The van der Waals surface area contributed by atoms with E-state index < -0.39 is 0 Å². The summed E-state index contributed by atoms with van der Waals surface area (Å²) in [5, 5.41) is 15.3. The maximum atomic E-state index is 4.09. The summed E-state index contributed by atoms with van der Waals surface area (Å²) in [5.41, 5.74) is 2.63. The molecule has 2 aromatic rings. The molecule has 1 saturated carbocycles. The molecule has 106 valence electrons. The molecule has 0 amide bonds. The predicted molar refractivity (Wildman–Crippen MR) is 78.6 cm³/mol. The van der Waals surface area contributed by atoms with E-state index in [0.717, 1.165) is 11.5 Å². The highest BCUT2D eigenvalue weighted by atomic mass is 15.6. The largest absolute Gasteiger partial charge is 0.378 e. The number of benzene rings is 1. The highest BCUT2D eigenvalue weighted by Gasteiger charge is 2.27. The van der Waals surface area contributed by atoms with Crippen molar-refractivity contribution in [3.05, 3.63) is 35.7 Å². The second-order valence-electron chi connectivity index (χ2n) is 6.45. The Morgan fingerprint density at radius 3 is 2.50 bits per heavy atom. The Bertz CT molecular complexity index is 575. The van der Waals surface area contributed by atoms with Crippen molar-refractivity contribution in [2.75, 3.05) is 5.32 Å². The van der Waals surface area contributed by atoms with Crippen molar-refractivity contribution in [2.45, 2.75) is 51.6 Å². The molecule has 1 aliphatic carbocycles. The van der Waals surface area contributed by atoms with E-state index in [1.54, 1.807) is 0 Å². The van der Waals surface area contributed by atoms with E-state index in [-0.39, 0.29) is 5.41 Å². The van der Waals surface area contributed by atoms with Crippen LogP contribution in [0.2, 0.25) is 0 Å². The van der Waals surface area contributed by atoms with Crippen molar-refractivity contribution in [2.24, 2.45) is 0 Å². The topological polar surface area (TPSA) is 55.6 Å². The molecule has 0 radical (unpaired) electrons. The van der Waals surface area contributed by atoms with Crippen molar-refractivity contribution in [3.63, 3.8) is 0 Å². The van der Waals surface area contributed by atoms with Gasteiger partial charge in [-0.05, 0) is 46.4 Å².